The maximum Gasteiger partial charge on any atom is 0.407 e. The van der Waals surface area contributed by atoms with Gasteiger partial charge in [0, 0.05) is 17.7 Å². The molecule has 1 N–H and O–H groups in total. The van der Waals surface area contributed by atoms with Gasteiger partial charge in [0.25, 0.3) is 0 Å². The molecule has 0 fully saturated rings. The molecule has 1 aromatic heterocycles. The molecule has 8 heteroatoms. The van der Waals surface area contributed by atoms with Crippen LogP contribution >= 0.6 is 11.3 Å². The molecule has 2 heterocycles. The van der Waals surface area contributed by atoms with Crippen LogP contribution in [0.5, 0.6) is 5.75 Å². The molecule has 0 saturated carbocycles. The Hall–Kier alpha value is -3.44. The lowest BCUT2D eigenvalue weighted by Gasteiger charge is -2.43. The van der Waals surface area contributed by atoms with Crippen LogP contribution in [0.4, 0.5) is 4.79 Å². The number of carbonyl (C=O) groups is 1. The molecule has 176 valence electrons. The van der Waals surface area contributed by atoms with Gasteiger partial charge < -0.3 is 14.7 Å². The van der Waals surface area contributed by atoms with E-state index >= 15 is 0 Å². The van der Waals surface area contributed by atoms with Gasteiger partial charge in [-0.3, -0.25) is 0 Å². The molecule has 0 radical (unpaired) electrons. The molecule has 1 aliphatic heterocycles. The molecule has 1 aliphatic rings. The van der Waals surface area contributed by atoms with Crippen LogP contribution in [-0.4, -0.2) is 38.9 Å². The fraction of sp³-hybridized carbons (Fsp3) is 0.385. The minimum atomic E-state index is -0.896. The summed E-state index contributed by atoms with van der Waals surface area (Å²) in [4.78, 5) is 13.5. The first-order valence-corrected chi connectivity index (χ1v) is 12.1. The van der Waals surface area contributed by atoms with Crippen molar-refractivity contribution in [2.75, 3.05) is 6.54 Å². The lowest BCUT2D eigenvalue weighted by Crippen LogP contribution is -2.44. The molecule has 3 aromatic rings. The number of hydrogen-bond acceptors (Lipinski definition) is 6. The molecule has 4 rings (SSSR count). The van der Waals surface area contributed by atoms with Crippen LogP contribution in [0.3, 0.4) is 0 Å². The Kier molecular flexibility index (Phi) is 6.32. The fourth-order valence-corrected chi connectivity index (χ4v) is 5.46. The first kappa shape index (κ1) is 23.7. The summed E-state index contributed by atoms with van der Waals surface area (Å²) in [5.74, 6) is 0.555. The Morgan fingerprint density at radius 3 is 2.62 bits per heavy atom. The number of amides is 1. The molecule has 34 heavy (non-hydrogen) atoms. The summed E-state index contributed by atoms with van der Waals surface area (Å²) in [7, 11) is 0. The highest BCUT2D eigenvalue weighted by molar-refractivity contribution is 7.17. The highest BCUT2D eigenvalue weighted by atomic mass is 32.1. The number of benzene rings is 2. The molecule has 7 nitrogen and oxygen atoms in total. The standard InChI is InChI=1S/C26H28N4O3S/c1-15(2)33-21-10-9-16(13-17(21)14-27)23-28-29-24(34-23)20-8-6-7-19-18(20)11-12-30(25(31)32)22(19)26(3,4)5/h6-10,13,15,22H,11-12H2,1-5H3,(H,31,32). The topological polar surface area (TPSA) is 99.3 Å². The van der Waals surface area contributed by atoms with Crippen molar-refractivity contribution >= 4 is 17.4 Å². The largest absolute Gasteiger partial charge is 0.490 e. The Balaban J connectivity index is 1.73. The summed E-state index contributed by atoms with van der Waals surface area (Å²) in [6.45, 7) is 10.5. The number of nitriles is 1. The van der Waals surface area contributed by atoms with E-state index in [2.05, 4.69) is 37.0 Å². The molecule has 0 bridgehead atoms. The van der Waals surface area contributed by atoms with Gasteiger partial charge in [-0.15, -0.1) is 10.2 Å². The number of rotatable bonds is 4. The molecule has 1 atom stereocenters. The number of ether oxygens (including phenoxy) is 1. The maximum absolute atomic E-state index is 11.9. The average Bonchev–Trinajstić information content (AvgIpc) is 3.27. The van der Waals surface area contributed by atoms with E-state index in [-0.39, 0.29) is 17.6 Å². The average molecular weight is 477 g/mol. The van der Waals surface area contributed by atoms with Gasteiger partial charge >= 0.3 is 6.09 Å². The Bertz CT molecular complexity index is 1270. The van der Waals surface area contributed by atoms with Crippen LogP contribution in [0.2, 0.25) is 0 Å². The zero-order valence-electron chi connectivity index (χ0n) is 20.0. The minimum Gasteiger partial charge on any atom is -0.490 e. The van der Waals surface area contributed by atoms with E-state index in [9.17, 15) is 15.2 Å². The van der Waals surface area contributed by atoms with Crippen molar-refractivity contribution in [2.24, 2.45) is 5.41 Å². The number of aromatic nitrogens is 2. The highest BCUT2D eigenvalue weighted by Crippen LogP contribution is 2.45. The molecule has 0 saturated heterocycles. The predicted molar refractivity (Wildman–Crippen MR) is 132 cm³/mol. The van der Waals surface area contributed by atoms with Crippen molar-refractivity contribution in [3.8, 4) is 33.0 Å². The summed E-state index contributed by atoms with van der Waals surface area (Å²) in [6.07, 6.45) is -0.296. The van der Waals surface area contributed by atoms with Crippen LogP contribution in [0.15, 0.2) is 36.4 Å². The Morgan fingerprint density at radius 2 is 1.97 bits per heavy atom. The monoisotopic (exact) mass is 476 g/mol. The minimum absolute atomic E-state index is 0.0238. The van der Waals surface area contributed by atoms with Crippen LogP contribution in [0.25, 0.3) is 21.1 Å². The fourth-order valence-electron chi connectivity index (χ4n) is 4.57. The van der Waals surface area contributed by atoms with Gasteiger partial charge in [-0.1, -0.05) is 50.3 Å². The van der Waals surface area contributed by atoms with Crippen molar-refractivity contribution < 1.29 is 14.6 Å². The van der Waals surface area contributed by atoms with E-state index in [1.165, 1.54) is 11.3 Å². The van der Waals surface area contributed by atoms with Crippen LogP contribution < -0.4 is 4.74 Å². The van der Waals surface area contributed by atoms with E-state index in [1.807, 2.05) is 38.1 Å². The van der Waals surface area contributed by atoms with Crippen molar-refractivity contribution in [3.63, 3.8) is 0 Å². The normalized spacial score (nSPS) is 15.7. The second-order valence-electron chi connectivity index (χ2n) is 9.77. The van der Waals surface area contributed by atoms with Gasteiger partial charge in [0.05, 0.1) is 17.7 Å². The van der Waals surface area contributed by atoms with Crippen LogP contribution in [-0.2, 0) is 6.42 Å². The van der Waals surface area contributed by atoms with Crippen molar-refractivity contribution in [1.29, 1.82) is 5.26 Å². The molecule has 0 spiro atoms. The van der Waals surface area contributed by atoms with Gasteiger partial charge in [0.15, 0.2) is 0 Å². The Morgan fingerprint density at radius 1 is 1.24 bits per heavy atom. The third-order valence-corrected chi connectivity index (χ3v) is 6.86. The summed E-state index contributed by atoms with van der Waals surface area (Å²) in [6, 6.07) is 13.4. The van der Waals surface area contributed by atoms with E-state index in [4.69, 9.17) is 4.74 Å². The van der Waals surface area contributed by atoms with E-state index in [0.717, 1.165) is 32.3 Å². The number of carboxylic acid groups (broad SMARTS) is 1. The zero-order valence-corrected chi connectivity index (χ0v) is 20.8. The van der Waals surface area contributed by atoms with Crippen molar-refractivity contribution in [1.82, 2.24) is 15.1 Å². The molecular formula is C26H28N4O3S. The molecule has 0 aliphatic carbocycles. The van der Waals surface area contributed by atoms with E-state index in [1.54, 1.807) is 17.0 Å². The molecular weight excluding hydrogens is 448 g/mol. The molecule has 1 amide bonds. The lowest BCUT2D eigenvalue weighted by molar-refractivity contribution is 0.0760. The number of hydrogen-bond donors (Lipinski definition) is 1. The maximum atomic E-state index is 11.9. The van der Waals surface area contributed by atoms with E-state index in [0.29, 0.717) is 24.3 Å². The first-order chi connectivity index (χ1) is 16.1. The summed E-state index contributed by atoms with van der Waals surface area (Å²) in [5.41, 5.74) is 4.15. The third kappa shape index (κ3) is 4.48. The van der Waals surface area contributed by atoms with Crippen LogP contribution in [0.1, 0.15) is 57.4 Å². The third-order valence-electron chi connectivity index (χ3n) is 5.85. The molecule has 1 unspecified atom stereocenters. The quantitative estimate of drug-likeness (QED) is 0.484. The summed E-state index contributed by atoms with van der Waals surface area (Å²) >= 11 is 1.46. The summed E-state index contributed by atoms with van der Waals surface area (Å²) in [5, 5.41) is 29.7. The van der Waals surface area contributed by atoms with Gasteiger partial charge in [-0.2, -0.15) is 5.26 Å². The Labute approximate surface area is 203 Å². The number of nitrogens with zero attached hydrogens (tertiary/aromatic N) is 4. The lowest BCUT2D eigenvalue weighted by atomic mass is 9.76. The van der Waals surface area contributed by atoms with Gasteiger partial charge in [-0.25, -0.2) is 4.79 Å². The van der Waals surface area contributed by atoms with E-state index < -0.39 is 6.09 Å². The van der Waals surface area contributed by atoms with Gasteiger partial charge in [0.1, 0.15) is 21.8 Å². The second kappa shape index (κ2) is 9.07. The molecule has 2 aromatic carbocycles. The van der Waals surface area contributed by atoms with Gasteiger partial charge in [-0.05, 0) is 55.0 Å². The second-order valence-corrected chi connectivity index (χ2v) is 10.7. The smallest absolute Gasteiger partial charge is 0.407 e. The van der Waals surface area contributed by atoms with Crippen molar-refractivity contribution in [3.05, 3.63) is 53.1 Å². The van der Waals surface area contributed by atoms with Crippen molar-refractivity contribution in [2.45, 2.75) is 53.2 Å². The predicted octanol–water partition coefficient (Wildman–Crippen LogP) is 6.15. The van der Waals surface area contributed by atoms with Crippen LogP contribution in [0, 0.1) is 16.7 Å². The SMILES string of the molecule is CC(C)Oc1ccc(-c2nnc(-c3cccc4c3CCN(C(=O)O)C4C(C)(C)C)s2)cc1C#N. The summed E-state index contributed by atoms with van der Waals surface area (Å²) < 4.78 is 5.73. The zero-order chi connectivity index (χ0) is 24.6. The van der Waals surface area contributed by atoms with Gasteiger partial charge in [0.2, 0.25) is 0 Å². The first-order valence-electron chi connectivity index (χ1n) is 11.3. The highest BCUT2D eigenvalue weighted by Gasteiger charge is 2.39. The number of fused-ring (bicyclic) bond motifs is 1.